The van der Waals surface area contributed by atoms with Gasteiger partial charge in [0.15, 0.2) is 11.7 Å². The molecule has 1 unspecified atom stereocenters. The molecule has 1 heterocycles. The molecule has 0 fully saturated rings. The lowest BCUT2D eigenvalue weighted by molar-refractivity contribution is -0.140. The molecule has 1 aromatic carbocycles. The van der Waals surface area contributed by atoms with Crippen LogP contribution in [-0.4, -0.2) is 24.5 Å². The number of thiazole rings is 1. The summed E-state index contributed by atoms with van der Waals surface area (Å²) in [6.45, 7) is 3.00. The van der Waals surface area contributed by atoms with Crippen molar-refractivity contribution < 1.29 is 13.2 Å². The van der Waals surface area contributed by atoms with E-state index in [2.05, 4.69) is 39.7 Å². The van der Waals surface area contributed by atoms with Gasteiger partial charge < -0.3 is 10.6 Å². The Hall–Kier alpha value is -2.09. The number of nitrogens with one attached hydrogen (secondary N) is 2. The van der Waals surface area contributed by atoms with E-state index in [1.807, 2.05) is 18.2 Å². The first kappa shape index (κ1) is 19.2. The Labute approximate surface area is 149 Å². The van der Waals surface area contributed by atoms with Gasteiger partial charge in [-0.1, -0.05) is 37.3 Å². The van der Waals surface area contributed by atoms with Crippen LogP contribution in [0.25, 0.3) is 0 Å². The van der Waals surface area contributed by atoms with E-state index in [-0.39, 0.29) is 6.54 Å². The average Bonchev–Trinajstić information content (AvgIpc) is 3.08. The van der Waals surface area contributed by atoms with E-state index in [4.69, 9.17) is 0 Å². The molecule has 4 nitrogen and oxygen atoms in total. The Balaban J connectivity index is 1.87. The van der Waals surface area contributed by atoms with E-state index in [0.717, 1.165) is 23.1 Å². The van der Waals surface area contributed by atoms with Crippen molar-refractivity contribution in [1.29, 1.82) is 0 Å². The van der Waals surface area contributed by atoms with Gasteiger partial charge in [-0.05, 0) is 12.0 Å². The van der Waals surface area contributed by atoms with Crippen molar-refractivity contribution in [3.63, 3.8) is 0 Å². The molecule has 2 aromatic rings. The molecule has 25 heavy (non-hydrogen) atoms. The molecule has 0 amide bonds. The third-order valence-electron chi connectivity index (χ3n) is 3.75. The molecule has 2 rings (SSSR count). The number of guanidine groups is 1. The zero-order chi connectivity index (χ0) is 18.3. The van der Waals surface area contributed by atoms with Crippen molar-refractivity contribution >= 4 is 17.3 Å². The number of rotatable bonds is 6. The van der Waals surface area contributed by atoms with Crippen LogP contribution in [0.3, 0.4) is 0 Å². The van der Waals surface area contributed by atoms with Gasteiger partial charge in [-0.2, -0.15) is 13.2 Å². The van der Waals surface area contributed by atoms with E-state index in [1.165, 1.54) is 5.56 Å². The number of hydrogen-bond donors (Lipinski definition) is 2. The Bertz CT molecular complexity index is 683. The third kappa shape index (κ3) is 5.74. The second kappa shape index (κ2) is 8.84. The molecule has 0 aliphatic carbocycles. The highest BCUT2D eigenvalue weighted by Crippen LogP contribution is 2.29. The first-order valence-corrected chi connectivity index (χ1v) is 8.83. The summed E-state index contributed by atoms with van der Waals surface area (Å²) in [5.74, 6) is 0.870. The van der Waals surface area contributed by atoms with Crippen molar-refractivity contribution in [3.8, 4) is 0 Å². The van der Waals surface area contributed by atoms with Gasteiger partial charge in [-0.15, -0.1) is 11.3 Å². The predicted octanol–water partition coefficient (Wildman–Crippen LogP) is 4.02. The highest BCUT2D eigenvalue weighted by Gasteiger charge is 2.33. The summed E-state index contributed by atoms with van der Waals surface area (Å²) in [5.41, 5.74) is 0.384. The molecule has 0 spiro atoms. The zero-order valence-corrected chi connectivity index (χ0v) is 14.9. The normalized spacial score (nSPS) is 13.6. The summed E-state index contributed by atoms with van der Waals surface area (Å²) >= 11 is 0.978. The Morgan fingerprint density at radius 2 is 1.96 bits per heavy atom. The minimum atomic E-state index is -4.40. The lowest BCUT2D eigenvalue weighted by Crippen LogP contribution is -2.38. The van der Waals surface area contributed by atoms with Crippen LogP contribution in [0.1, 0.15) is 35.5 Å². The van der Waals surface area contributed by atoms with E-state index in [9.17, 15) is 13.2 Å². The van der Waals surface area contributed by atoms with Crippen LogP contribution >= 0.6 is 11.3 Å². The monoisotopic (exact) mass is 370 g/mol. The number of aliphatic imine (C=N–C) groups is 1. The van der Waals surface area contributed by atoms with Crippen LogP contribution in [-0.2, 0) is 12.7 Å². The van der Waals surface area contributed by atoms with Crippen LogP contribution in [0.4, 0.5) is 13.2 Å². The molecule has 0 saturated carbocycles. The fraction of sp³-hybridized carbons (Fsp3) is 0.412. The van der Waals surface area contributed by atoms with Crippen molar-refractivity contribution in [2.45, 2.75) is 32.0 Å². The van der Waals surface area contributed by atoms with Crippen LogP contribution in [0.2, 0.25) is 0 Å². The molecule has 2 N–H and O–H groups in total. The summed E-state index contributed by atoms with van der Waals surface area (Å²) in [7, 11) is 1.63. The molecular formula is C17H21F3N4S. The maximum Gasteiger partial charge on any atom is 0.434 e. The quantitative estimate of drug-likeness (QED) is 0.596. The molecule has 8 heteroatoms. The first-order valence-electron chi connectivity index (χ1n) is 7.95. The van der Waals surface area contributed by atoms with Gasteiger partial charge in [0, 0.05) is 24.9 Å². The van der Waals surface area contributed by atoms with Crippen LogP contribution in [0.15, 0.2) is 40.7 Å². The van der Waals surface area contributed by atoms with Gasteiger partial charge in [0.25, 0.3) is 0 Å². The molecule has 136 valence electrons. The molecule has 0 aliphatic heterocycles. The van der Waals surface area contributed by atoms with Gasteiger partial charge in [0.05, 0.1) is 6.54 Å². The van der Waals surface area contributed by atoms with Gasteiger partial charge in [0.1, 0.15) is 5.01 Å². The smallest absolute Gasteiger partial charge is 0.356 e. The van der Waals surface area contributed by atoms with Crippen LogP contribution in [0.5, 0.6) is 0 Å². The summed E-state index contributed by atoms with van der Waals surface area (Å²) < 4.78 is 37.7. The number of aromatic nitrogens is 1. The molecule has 1 atom stereocenters. The Morgan fingerprint density at radius 1 is 1.24 bits per heavy atom. The maximum absolute atomic E-state index is 12.6. The maximum atomic E-state index is 12.6. The van der Waals surface area contributed by atoms with Crippen molar-refractivity contribution in [2.24, 2.45) is 4.99 Å². The fourth-order valence-corrected chi connectivity index (χ4v) is 3.09. The fourth-order valence-electron chi connectivity index (χ4n) is 2.35. The lowest BCUT2D eigenvalue weighted by Gasteiger charge is -2.18. The minimum Gasteiger partial charge on any atom is -0.356 e. The van der Waals surface area contributed by atoms with Crippen molar-refractivity contribution in [3.05, 3.63) is 52.0 Å². The van der Waals surface area contributed by atoms with E-state index in [0.29, 0.717) is 23.4 Å². The second-order valence-corrected chi connectivity index (χ2v) is 6.39. The molecule has 1 aromatic heterocycles. The number of halogens is 3. The number of alkyl halides is 3. The summed E-state index contributed by atoms with van der Waals surface area (Å²) in [5, 5.41) is 7.61. The summed E-state index contributed by atoms with van der Waals surface area (Å²) in [6, 6.07) is 10.2. The van der Waals surface area contributed by atoms with E-state index >= 15 is 0 Å². The molecule has 0 saturated heterocycles. The molecule has 0 bridgehead atoms. The third-order valence-corrected chi connectivity index (χ3v) is 4.60. The largest absolute Gasteiger partial charge is 0.434 e. The van der Waals surface area contributed by atoms with Crippen molar-refractivity contribution in [1.82, 2.24) is 15.6 Å². The number of hydrogen-bond acceptors (Lipinski definition) is 3. The van der Waals surface area contributed by atoms with E-state index in [1.54, 1.807) is 7.05 Å². The Morgan fingerprint density at radius 3 is 2.52 bits per heavy atom. The molecular weight excluding hydrogens is 349 g/mol. The highest BCUT2D eigenvalue weighted by molar-refractivity contribution is 7.09. The SMILES string of the molecule is CCC(CNC(=NC)NCc1nc(C(F)(F)F)cs1)c1ccccc1. The topological polar surface area (TPSA) is 49.3 Å². The van der Waals surface area contributed by atoms with Crippen molar-refractivity contribution in [2.75, 3.05) is 13.6 Å². The van der Waals surface area contributed by atoms with Gasteiger partial charge in [-0.3, -0.25) is 4.99 Å². The first-order chi connectivity index (χ1) is 11.9. The minimum absolute atomic E-state index is 0.197. The van der Waals surface area contributed by atoms with Crippen LogP contribution in [0, 0.1) is 0 Å². The van der Waals surface area contributed by atoms with Gasteiger partial charge in [0.2, 0.25) is 0 Å². The average molecular weight is 370 g/mol. The molecule has 0 aliphatic rings. The lowest BCUT2D eigenvalue weighted by atomic mass is 9.97. The zero-order valence-electron chi connectivity index (χ0n) is 14.1. The Kier molecular flexibility index (Phi) is 6.81. The standard InChI is InChI=1S/C17H21F3N4S/c1-3-12(13-7-5-4-6-8-13)9-22-16(21-2)23-10-15-24-14(11-25-15)17(18,19)20/h4-8,11-12H,3,9-10H2,1-2H3,(H2,21,22,23). The number of benzene rings is 1. The second-order valence-electron chi connectivity index (χ2n) is 5.45. The highest BCUT2D eigenvalue weighted by atomic mass is 32.1. The molecule has 0 radical (unpaired) electrons. The predicted molar refractivity (Wildman–Crippen MR) is 94.8 cm³/mol. The summed E-state index contributed by atoms with van der Waals surface area (Å²) in [4.78, 5) is 7.70. The van der Waals surface area contributed by atoms with Crippen LogP contribution < -0.4 is 10.6 Å². The van der Waals surface area contributed by atoms with Gasteiger partial charge >= 0.3 is 6.18 Å². The number of nitrogens with zero attached hydrogens (tertiary/aromatic N) is 2. The van der Waals surface area contributed by atoms with E-state index < -0.39 is 11.9 Å². The summed E-state index contributed by atoms with van der Waals surface area (Å²) in [6.07, 6.45) is -3.44. The van der Waals surface area contributed by atoms with Gasteiger partial charge in [-0.25, -0.2) is 4.98 Å².